The second kappa shape index (κ2) is 6.29. The van der Waals surface area contributed by atoms with E-state index in [-0.39, 0.29) is 17.6 Å². The average Bonchev–Trinajstić information content (AvgIpc) is 2.51. The summed E-state index contributed by atoms with van der Waals surface area (Å²) in [5.41, 5.74) is 3.42. The van der Waals surface area contributed by atoms with Crippen molar-refractivity contribution < 1.29 is 14.6 Å². The smallest absolute Gasteiger partial charge is 0.189 e. The summed E-state index contributed by atoms with van der Waals surface area (Å²) in [6.07, 6.45) is 3.55. The summed E-state index contributed by atoms with van der Waals surface area (Å²) in [4.78, 5) is 12.6. The fraction of sp³-hybridized carbons (Fsp3) is 0.250. The molecule has 0 fully saturated rings. The van der Waals surface area contributed by atoms with E-state index in [1.807, 2.05) is 44.2 Å². The Morgan fingerprint density at radius 1 is 1.09 bits per heavy atom. The van der Waals surface area contributed by atoms with Crippen molar-refractivity contribution in [2.75, 3.05) is 0 Å². The molecule has 118 valence electrons. The topological polar surface area (TPSA) is 46.5 Å². The van der Waals surface area contributed by atoms with E-state index in [9.17, 15) is 9.90 Å². The molecule has 23 heavy (non-hydrogen) atoms. The Labute approximate surface area is 136 Å². The van der Waals surface area contributed by atoms with E-state index in [0.29, 0.717) is 12.0 Å². The van der Waals surface area contributed by atoms with Crippen molar-refractivity contribution in [2.24, 2.45) is 0 Å². The van der Waals surface area contributed by atoms with E-state index in [1.165, 1.54) is 0 Å². The molecule has 3 heteroatoms. The number of allylic oxidation sites excluding steroid dienone is 1. The van der Waals surface area contributed by atoms with Crippen LogP contribution in [0, 0.1) is 0 Å². The third-order valence-corrected chi connectivity index (χ3v) is 3.88. The molecule has 2 aromatic rings. The van der Waals surface area contributed by atoms with Gasteiger partial charge in [0.15, 0.2) is 5.78 Å². The minimum atomic E-state index is 0.0498. The Balaban J connectivity index is 1.83. The number of rotatable bonds is 3. The van der Waals surface area contributed by atoms with Gasteiger partial charge in [-0.2, -0.15) is 0 Å². The third kappa shape index (κ3) is 3.45. The zero-order valence-corrected chi connectivity index (χ0v) is 13.4. The molecule has 0 amide bonds. The SMILES string of the molecule is CC(C)Oc1ccc(/C=C2/CCc3cc(O)ccc3C2=O)cc1. The van der Waals surface area contributed by atoms with Gasteiger partial charge in [0, 0.05) is 11.1 Å². The van der Waals surface area contributed by atoms with Crippen molar-refractivity contribution in [3.8, 4) is 11.5 Å². The minimum Gasteiger partial charge on any atom is -0.508 e. The molecular weight excluding hydrogens is 288 g/mol. The largest absolute Gasteiger partial charge is 0.508 e. The number of Topliss-reactive ketones (excluding diaryl/α,β-unsaturated/α-hetero) is 1. The van der Waals surface area contributed by atoms with Crippen molar-refractivity contribution >= 4 is 11.9 Å². The first-order chi connectivity index (χ1) is 11.0. The third-order valence-electron chi connectivity index (χ3n) is 3.88. The Bertz CT molecular complexity index is 755. The number of aryl methyl sites for hydroxylation is 1. The van der Waals surface area contributed by atoms with Gasteiger partial charge in [-0.15, -0.1) is 0 Å². The van der Waals surface area contributed by atoms with Gasteiger partial charge in [-0.05, 0) is 74.2 Å². The number of ketones is 1. The molecule has 0 bridgehead atoms. The lowest BCUT2D eigenvalue weighted by Gasteiger charge is -2.17. The monoisotopic (exact) mass is 308 g/mol. The van der Waals surface area contributed by atoms with Crippen LogP contribution in [0.4, 0.5) is 0 Å². The molecule has 1 aliphatic rings. The minimum absolute atomic E-state index is 0.0498. The first-order valence-electron chi connectivity index (χ1n) is 7.87. The molecule has 2 aromatic carbocycles. The van der Waals surface area contributed by atoms with Gasteiger partial charge in [-0.25, -0.2) is 0 Å². The summed E-state index contributed by atoms with van der Waals surface area (Å²) in [6.45, 7) is 3.98. The van der Waals surface area contributed by atoms with Gasteiger partial charge in [0.2, 0.25) is 0 Å². The number of carbonyl (C=O) groups excluding carboxylic acids is 1. The molecule has 0 spiro atoms. The van der Waals surface area contributed by atoms with Crippen LogP contribution in [0.3, 0.4) is 0 Å². The van der Waals surface area contributed by atoms with Gasteiger partial charge < -0.3 is 9.84 Å². The van der Waals surface area contributed by atoms with Crippen molar-refractivity contribution in [1.82, 2.24) is 0 Å². The van der Waals surface area contributed by atoms with Crippen LogP contribution in [0.15, 0.2) is 48.0 Å². The van der Waals surface area contributed by atoms with Gasteiger partial charge in [0.05, 0.1) is 6.10 Å². The van der Waals surface area contributed by atoms with E-state index in [1.54, 1.807) is 18.2 Å². The summed E-state index contributed by atoms with van der Waals surface area (Å²) in [6, 6.07) is 12.7. The lowest BCUT2D eigenvalue weighted by Crippen LogP contribution is -2.13. The number of aromatic hydroxyl groups is 1. The van der Waals surface area contributed by atoms with E-state index in [4.69, 9.17) is 4.74 Å². The molecule has 0 radical (unpaired) electrons. The van der Waals surface area contributed by atoms with Crippen LogP contribution >= 0.6 is 0 Å². The molecular formula is C20H20O3. The Hall–Kier alpha value is -2.55. The molecule has 0 aromatic heterocycles. The number of phenolic OH excluding ortho intramolecular Hbond substituents is 1. The molecule has 0 unspecified atom stereocenters. The summed E-state index contributed by atoms with van der Waals surface area (Å²) in [5.74, 6) is 1.09. The molecule has 0 saturated carbocycles. The maximum atomic E-state index is 12.6. The fourth-order valence-corrected chi connectivity index (χ4v) is 2.82. The van der Waals surface area contributed by atoms with Gasteiger partial charge in [0.1, 0.15) is 11.5 Å². The predicted molar refractivity (Wildman–Crippen MR) is 90.9 cm³/mol. The van der Waals surface area contributed by atoms with Crippen LogP contribution in [0.5, 0.6) is 11.5 Å². The standard InChI is InChI=1S/C20H20O3/c1-13(2)23-18-8-3-14(4-9-18)11-16-6-5-15-12-17(21)7-10-19(15)20(16)22/h3-4,7-13,21H,5-6H2,1-2H3/b16-11-. The molecule has 0 atom stereocenters. The number of hydrogen-bond donors (Lipinski definition) is 1. The Kier molecular flexibility index (Phi) is 4.20. The second-order valence-electron chi connectivity index (χ2n) is 6.08. The number of phenols is 1. The average molecular weight is 308 g/mol. The van der Waals surface area contributed by atoms with E-state index < -0.39 is 0 Å². The van der Waals surface area contributed by atoms with Crippen molar-refractivity contribution in [3.63, 3.8) is 0 Å². The van der Waals surface area contributed by atoms with E-state index >= 15 is 0 Å². The van der Waals surface area contributed by atoms with Crippen LogP contribution in [-0.2, 0) is 6.42 Å². The lowest BCUT2D eigenvalue weighted by molar-refractivity contribution is 0.102. The normalized spacial score (nSPS) is 15.8. The maximum absolute atomic E-state index is 12.6. The summed E-state index contributed by atoms with van der Waals surface area (Å²) in [5, 5.41) is 9.53. The number of ether oxygens (including phenoxy) is 1. The second-order valence-corrected chi connectivity index (χ2v) is 6.08. The molecule has 0 saturated heterocycles. The first kappa shape index (κ1) is 15.3. The zero-order valence-electron chi connectivity index (χ0n) is 13.4. The highest BCUT2D eigenvalue weighted by atomic mass is 16.5. The van der Waals surface area contributed by atoms with E-state index in [2.05, 4.69) is 0 Å². The summed E-state index contributed by atoms with van der Waals surface area (Å²) >= 11 is 0. The van der Waals surface area contributed by atoms with Crippen LogP contribution < -0.4 is 4.74 Å². The number of carbonyl (C=O) groups is 1. The Morgan fingerprint density at radius 3 is 2.52 bits per heavy atom. The fourth-order valence-electron chi connectivity index (χ4n) is 2.82. The van der Waals surface area contributed by atoms with Gasteiger partial charge >= 0.3 is 0 Å². The molecule has 3 nitrogen and oxygen atoms in total. The van der Waals surface area contributed by atoms with Crippen LogP contribution in [0.25, 0.3) is 6.08 Å². The van der Waals surface area contributed by atoms with Gasteiger partial charge in [-0.1, -0.05) is 12.1 Å². The van der Waals surface area contributed by atoms with Crippen molar-refractivity contribution in [2.45, 2.75) is 32.8 Å². The van der Waals surface area contributed by atoms with E-state index in [0.717, 1.165) is 28.9 Å². The molecule has 0 heterocycles. The zero-order chi connectivity index (χ0) is 16.4. The van der Waals surface area contributed by atoms with Crippen LogP contribution in [0.1, 0.15) is 41.8 Å². The van der Waals surface area contributed by atoms with Crippen molar-refractivity contribution in [3.05, 3.63) is 64.7 Å². The number of fused-ring (bicyclic) bond motifs is 1. The van der Waals surface area contributed by atoms with Crippen molar-refractivity contribution in [1.29, 1.82) is 0 Å². The molecule has 3 rings (SSSR count). The Morgan fingerprint density at radius 2 is 1.83 bits per heavy atom. The van der Waals surface area contributed by atoms with Crippen LogP contribution in [-0.4, -0.2) is 17.0 Å². The quantitative estimate of drug-likeness (QED) is 0.855. The number of benzene rings is 2. The van der Waals surface area contributed by atoms with Gasteiger partial charge in [0.25, 0.3) is 0 Å². The molecule has 1 aliphatic carbocycles. The highest BCUT2D eigenvalue weighted by Gasteiger charge is 2.21. The summed E-state index contributed by atoms with van der Waals surface area (Å²) in [7, 11) is 0. The highest BCUT2D eigenvalue weighted by molar-refractivity contribution is 6.13. The number of hydrogen-bond acceptors (Lipinski definition) is 3. The molecule has 1 N–H and O–H groups in total. The molecule has 0 aliphatic heterocycles. The van der Waals surface area contributed by atoms with Gasteiger partial charge in [-0.3, -0.25) is 4.79 Å². The van der Waals surface area contributed by atoms with Crippen LogP contribution in [0.2, 0.25) is 0 Å². The lowest BCUT2D eigenvalue weighted by atomic mass is 9.86. The first-order valence-corrected chi connectivity index (χ1v) is 7.87. The summed E-state index contributed by atoms with van der Waals surface area (Å²) < 4.78 is 5.63. The predicted octanol–water partition coefficient (Wildman–Crippen LogP) is 4.39. The highest BCUT2D eigenvalue weighted by Crippen LogP contribution is 2.29. The maximum Gasteiger partial charge on any atom is 0.189 e.